The Hall–Kier alpha value is 0.460. The number of rotatable bonds is 2. The van der Waals surface area contributed by atoms with Crippen molar-refractivity contribution in [1.82, 2.24) is 0 Å². The van der Waals surface area contributed by atoms with Crippen molar-refractivity contribution in [2.75, 3.05) is 0 Å². The smallest absolute Gasteiger partial charge is 0.0847 e. The Kier molecular flexibility index (Phi) is 5.41. The van der Waals surface area contributed by atoms with Crippen LogP contribution in [-0.4, -0.2) is 0 Å². The van der Waals surface area contributed by atoms with Crippen molar-refractivity contribution in [2.45, 2.75) is 12.3 Å². The molecule has 0 N–H and O–H groups in total. The summed E-state index contributed by atoms with van der Waals surface area (Å²) in [7, 11) is 0. The number of hydrogen-bond donors (Lipinski definition) is 0. The van der Waals surface area contributed by atoms with Crippen LogP contribution in [0.1, 0.15) is 22.1 Å². The second-order valence-electron chi connectivity index (χ2n) is 4.16. The molecule has 0 saturated carbocycles. The van der Waals surface area contributed by atoms with E-state index in [9.17, 15) is 0 Å². The summed E-state index contributed by atoms with van der Waals surface area (Å²) < 4.78 is 2.90. The maximum atomic E-state index is 6.56. The molecule has 1 atom stereocenters. The topological polar surface area (TPSA) is 0 Å². The van der Waals surface area contributed by atoms with E-state index < -0.39 is 0 Å². The zero-order chi connectivity index (χ0) is 14.2. The third-order valence-corrected chi connectivity index (χ3v) is 6.05. The first-order chi connectivity index (χ1) is 8.90. The maximum Gasteiger partial charge on any atom is 0.0847 e. The summed E-state index contributed by atoms with van der Waals surface area (Å²) in [6.45, 7) is 2.04. The second-order valence-corrected chi connectivity index (χ2v) is 7.57. The van der Waals surface area contributed by atoms with Gasteiger partial charge in [-0.25, -0.2) is 0 Å². The highest BCUT2D eigenvalue weighted by atomic mass is 79.9. The van der Waals surface area contributed by atoms with Crippen molar-refractivity contribution in [2.24, 2.45) is 0 Å². The summed E-state index contributed by atoms with van der Waals surface area (Å²) in [6, 6.07) is 9.84. The van der Waals surface area contributed by atoms with Crippen molar-refractivity contribution in [3.8, 4) is 0 Å². The third-order valence-electron chi connectivity index (χ3n) is 2.79. The molecule has 0 amide bonds. The predicted molar refractivity (Wildman–Crippen MR) is 93.4 cm³/mol. The first-order valence-electron chi connectivity index (χ1n) is 5.44. The highest BCUT2D eigenvalue weighted by Gasteiger charge is 2.16. The minimum Gasteiger partial charge on any atom is -0.113 e. The first kappa shape index (κ1) is 15.8. The van der Waals surface area contributed by atoms with E-state index in [1.54, 1.807) is 0 Å². The van der Waals surface area contributed by atoms with Gasteiger partial charge in [0.15, 0.2) is 0 Å². The monoisotopic (exact) mass is 484 g/mol. The highest BCUT2D eigenvalue weighted by molar-refractivity contribution is 9.11. The zero-order valence-corrected chi connectivity index (χ0v) is 16.1. The van der Waals surface area contributed by atoms with E-state index in [0.717, 1.165) is 30.1 Å². The summed E-state index contributed by atoms with van der Waals surface area (Å²) in [5.41, 5.74) is 3.14. The van der Waals surface area contributed by atoms with E-state index in [1.807, 2.05) is 31.2 Å². The Morgan fingerprint density at radius 3 is 2.26 bits per heavy atom. The third kappa shape index (κ3) is 3.56. The van der Waals surface area contributed by atoms with E-state index in [0.29, 0.717) is 5.02 Å². The van der Waals surface area contributed by atoms with Crippen LogP contribution >= 0.6 is 71.0 Å². The molecule has 2 aromatic rings. The first-order valence-corrected chi connectivity index (χ1v) is 8.64. The molecule has 0 aliphatic heterocycles. The van der Waals surface area contributed by atoms with E-state index in [1.165, 1.54) is 0 Å². The molecule has 0 bridgehead atoms. The van der Waals surface area contributed by atoms with Crippen LogP contribution in [0.25, 0.3) is 0 Å². The number of benzene rings is 2. The van der Waals surface area contributed by atoms with Crippen LogP contribution in [0.5, 0.6) is 0 Å². The van der Waals surface area contributed by atoms with E-state index >= 15 is 0 Å². The Balaban J connectivity index is 2.46. The fourth-order valence-corrected chi connectivity index (χ4v) is 3.64. The zero-order valence-electron chi connectivity index (χ0n) is 9.85. The van der Waals surface area contributed by atoms with Crippen molar-refractivity contribution in [3.63, 3.8) is 0 Å². The van der Waals surface area contributed by atoms with Crippen molar-refractivity contribution < 1.29 is 0 Å². The molecule has 0 heterocycles. The Morgan fingerprint density at radius 1 is 0.947 bits per heavy atom. The van der Waals surface area contributed by atoms with Gasteiger partial charge in [0, 0.05) is 13.4 Å². The van der Waals surface area contributed by atoms with Gasteiger partial charge in [-0.3, -0.25) is 0 Å². The van der Waals surface area contributed by atoms with Crippen molar-refractivity contribution in [3.05, 3.63) is 65.5 Å². The van der Waals surface area contributed by atoms with E-state index in [2.05, 4.69) is 53.9 Å². The minimum absolute atomic E-state index is 0.253. The van der Waals surface area contributed by atoms with Crippen LogP contribution in [0.4, 0.5) is 0 Å². The average Bonchev–Trinajstić information content (AvgIpc) is 2.36. The van der Waals surface area contributed by atoms with Gasteiger partial charge in [-0.2, -0.15) is 0 Å². The summed E-state index contributed by atoms with van der Waals surface area (Å²) in [5.74, 6) is 0. The van der Waals surface area contributed by atoms with Crippen LogP contribution in [0.15, 0.2) is 43.7 Å². The van der Waals surface area contributed by atoms with E-state index in [4.69, 9.17) is 23.2 Å². The van der Waals surface area contributed by atoms with Gasteiger partial charge in [0.2, 0.25) is 0 Å². The Morgan fingerprint density at radius 2 is 1.63 bits per heavy atom. The molecule has 0 spiro atoms. The predicted octanol–water partition coefficient (Wildman–Crippen LogP) is 7.26. The lowest BCUT2D eigenvalue weighted by Gasteiger charge is -2.15. The molecule has 0 nitrogen and oxygen atoms in total. The number of halogens is 5. The Bertz CT molecular complexity index is 626. The number of hydrogen-bond acceptors (Lipinski definition) is 0. The fourth-order valence-electron chi connectivity index (χ4n) is 1.71. The second kappa shape index (κ2) is 6.48. The van der Waals surface area contributed by atoms with Crippen molar-refractivity contribution in [1.29, 1.82) is 0 Å². The summed E-state index contributed by atoms with van der Waals surface area (Å²) in [4.78, 5) is 0. The molecule has 1 unspecified atom stereocenters. The van der Waals surface area contributed by atoms with Gasteiger partial charge in [-0.1, -0.05) is 49.5 Å². The molecule has 0 radical (unpaired) electrons. The Labute approximate surface area is 147 Å². The quantitative estimate of drug-likeness (QED) is 0.391. The molecule has 100 valence electrons. The van der Waals surface area contributed by atoms with Crippen LogP contribution < -0.4 is 0 Å². The molecular formula is C14H9Br3Cl2. The molecule has 0 aliphatic rings. The highest BCUT2D eigenvalue weighted by Crippen LogP contribution is 2.38. The molecule has 5 heteroatoms. The van der Waals surface area contributed by atoms with E-state index in [-0.39, 0.29) is 5.38 Å². The SMILES string of the molecule is Cc1cc(Br)c(C(Cl)c2ccc(Br)c(Cl)c2)cc1Br. The minimum atomic E-state index is -0.253. The van der Waals surface area contributed by atoms with Gasteiger partial charge in [0.05, 0.1) is 10.4 Å². The van der Waals surface area contributed by atoms with Crippen LogP contribution in [-0.2, 0) is 0 Å². The van der Waals surface area contributed by atoms with Gasteiger partial charge in [-0.15, -0.1) is 11.6 Å². The molecule has 0 saturated heterocycles. The lowest BCUT2D eigenvalue weighted by molar-refractivity contribution is 1.12. The van der Waals surface area contributed by atoms with Crippen LogP contribution in [0, 0.1) is 6.92 Å². The van der Waals surface area contributed by atoms with Gasteiger partial charge in [-0.05, 0) is 63.8 Å². The normalized spacial score (nSPS) is 12.5. The van der Waals surface area contributed by atoms with Gasteiger partial charge in [0.1, 0.15) is 0 Å². The molecule has 0 aliphatic carbocycles. The summed E-state index contributed by atoms with van der Waals surface area (Å²) in [6.07, 6.45) is 0. The van der Waals surface area contributed by atoms with Gasteiger partial charge >= 0.3 is 0 Å². The summed E-state index contributed by atoms with van der Waals surface area (Å²) in [5, 5.41) is 0.405. The molecule has 2 rings (SSSR count). The lowest BCUT2D eigenvalue weighted by atomic mass is 10.0. The lowest BCUT2D eigenvalue weighted by Crippen LogP contribution is -1.96. The van der Waals surface area contributed by atoms with Gasteiger partial charge in [0.25, 0.3) is 0 Å². The molecule has 0 fully saturated rings. The largest absolute Gasteiger partial charge is 0.113 e. The summed E-state index contributed by atoms with van der Waals surface area (Å²) >= 11 is 23.2. The molecule has 0 aromatic heterocycles. The van der Waals surface area contributed by atoms with Crippen molar-refractivity contribution >= 4 is 71.0 Å². The molecule has 19 heavy (non-hydrogen) atoms. The van der Waals surface area contributed by atoms with Crippen LogP contribution in [0.3, 0.4) is 0 Å². The fraction of sp³-hybridized carbons (Fsp3) is 0.143. The standard InChI is InChI=1S/C14H9Br3Cl2/c1-7-4-12(17)9(6-11(7)16)14(19)8-2-3-10(15)13(18)5-8/h2-6,14H,1H3. The molecule has 2 aromatic carbocycles. The van der Waals surface area contributed by atoms with Crippen LogP contribution in [0.2, 0.25) is 5.02 Å². The average molecular weight is 488 g/mol. The maximum absolute atomic E-state index is 6.56. The number of alkyl halides is 1. The number of aryl methyl sites for hydroxylation is 1. The molecular weight excluding hydrogens is 479 g/mol. The van der Waals surface area contributed by atoms with Gasteiger partial charge < -0.3 is 0 Å².